The van der Waals surface area contributed by atoms with Gasteiger partial charge in [-0.2, -0.15) is 4.31 Å². The molecule has 108 valence electrons. The third kappa shape index (κ3) is 3.24. The SMILES string of the molecule is CC(C)CN(C1CCCC1)S(=O)(=O)c1nnc(N)s1. The van der Waals surface area contributed by atoms with Crippen LogP contribution in [0, 0.1) is 5.92 Å². The molecule has 1 heterocycles. The zero-order valence-corrected chi connectivity index (χ0v) is 12.9. The van der Waals surface area contributed by atoms with E-state index in [0.717, 1.165) is 37.0 Å². The molecule has 1 fully saturated rings. The van der Waals surface area contributed by atoms with E-state index in [2.05, 4.69) is 10.2 Å². The minimum absolute atomic E-state index is 0.0116. The maximum absolute atomic E-state index is 12.6. The number of anilines is 1. The van der Waals surface area contributed by atoms with Crippen molar-refractivity contribution < 1.29 is 8.42 Å². The van der Waals surface area contributed by atoms with Crippen LogP contribution in [0.4, 0.5) is 5.13 Å². The molecule has 0 aliphatic heterocycles. The fourth-order valence-corrected chi connectivity index (χ4v) is 5.17. The van der Waals surface area contributed by atoms with Crippen molar-refractivity contribution in [2.75, 3.05) is 12.3 Å². The molecule has 0 aromatic carbocycles. The highest BCUT2D eigenvalue weighted by Gasteiger charge is 2.35. The summed E-state index contributed by atoms with van der Waals surface area (Å²) in [5.74, 6) is 0.278. The fraction of sp³-hybridized carbons (Fsp3) is 0.818. The lowest BCUT2D eigenvalue weighted by Crippen LogP contribution is -2.41. The van der Waals surface area contributed by atoms with Crippen molar-refractivity contribution in [2.24, 2.45) is 5.92 Å². The Kier molecular flexibility index (Phi) is 4.42. The van der Waals surface area contributed by atoms with Gasteiger partial charge in [-0.15, -0.1) is 10.2 Å². The molecule has 1 aromatic heterocycles. The molecule has 0 atom stereocenters. The predicted octanol–water partition coefficient (Wildman–Crippen LogP) is 1.71. The molecule has 1 aliphatic carbocycles. The molecule has 0 amide bonds. The Morgan fingerprint density at radius 2 is 2.00 bits per heavy atom. The number of rotatable bonds is 5. The van der Waals surface area contributed by atoms with Crippen molar-refractivity contribution in [3.8, 4) is 0 Å². The second-order valence-electron chi connectivity index (χ2n) is 5.31. The number of sulfonamides is 1. The van der Waals surface area contributed by atoms with Crippen LogP contribution in [-0.2, 0) is 10.0 Å². The highest BCUT2D eigenvalue weighted by atomic mass is 32.2. The Hall–Kier alpha value is -0.730. The molecule has 19 heavy (non-hydrogen) atoms. The topological polar surface area (TPSA) is 89.2 Å². The minimum atomic E-state index is -3.56. The number of nitrogen functional groups attached to an aromatic ring is 1. The van der Waals surface area contributed by atoms with Gasteiger partial charge in [0.25, 0.3) is 10.0 Å². The summed E-state index contributed by atoms with van der Waals surface area (Å²) < 4.78 is 26.9. The summed E-state index contributed by atoms with van der Waals surface area (Å²) in [5.41, 5.74) is 5.49. The lowest BCUT2D eigenvalue weighted by molar-refractivity contribution is 0.292. The highest BCUT2D eigenvalue weighted by molar-refractivity contribution is 7.91. The van der Waals surface area contributed by atoms with Gasteiger partial charge >= 0.3 is 0 Å². The Labute approximate surface area is 118 Å². The van der Waals surface area contributed by atoms with Crippen LogP contribution in [0.2, 0.25) is 0 Å². The average molecular weight is 304 g/mol. The van der Waals surface area contributed by atoms with Gasteiger partial charge < -0.3 is 5.73 Å². The largest absolute Gasteiger partial charge is 0.374 e. The molecular formula is C11H20N4O2S2. The first-order valence-electron chi connectivity index (χ1n) is 6.52. The normalized spacial score (nSPS) is 17.7. The molecule has 1 aliphatic rings. The Morgan fingerprint density at radius 3 is 2.47 bits per heavy atom. The molecule has 6 nitrogen and oxygen atoms in total. The number of hydrogen-bond donors (Lipinski definition) is 1. The molecule has 0 bridgehead atoms. The van der Waals surface area contributed by atoms with Gasteiger partial charge in [-0.25, -0.2) is 8.42 Å². The van der Waals surface area contributed by atoms with E-state index >= 15 is 0 Å². The zero-order valence-electron chi connectivity index (χ0n) is 11.2. The van der Waals surface area contributed by atoms with Crippen LogP contribution in [0.25, 0.3) is 0 Å². The summed E-state index contributed by atoms with van der Waals surface area (Å²) >= 11 is 0.935. The first kappa shape index (κ1) is 14.7. The second kappa shape index (κ2) is 5.72. The molecule has 0 saturated heterocycles. The van der Waals surface area contributed by atoms with Crippen LogP contribution in [-0.4, -0.2) is 35.5 Å². The second-order valence-corrected chi connectivity index (χ2v) is 8.39. The van der Waals surface area contributed by atoms with Crippen molar-refractivity contribution in [1.82, 2.24) is 14.5 Å². The first-order chi connectivity index (χ1) is 8.91. The van der Waals surface area contributed by atoms with Crippen molar-refractivity contribution in [2.45, 2.75) is 49.9 Å². The Morgan fingerprint density at radius 1 is 1.37 bits per heavy atom. The summed E-state index contributed by atoms with van der Waals surface area (Å²) in [5, 5.41) is 7.50. The number of nitrogens with two attached hydrogens (primary N) is 1. The summed E-state index contributed by atoms with van der Waals surface area (Å²) in [4.78, 5) is 0. The van der Waals surface area contributed by atoms with Crippen LogP contribution in [0.15, 0.2) is 4.34 Å². The maximum Gasteiger partial charge on any atom is 0.272 e. The first-order valence-corrected chi connectivity index (χ1v) is 8.77. The van der Waals surface area contributed by atoms with Crippen LogP contribution in [0.5, 0.6) is 0 Å². The van der Waals surface area contributed by atoms with Gasteiger partial charge in [0.15, 0.2) is 0 Å². The van der Waals surface area contributed by atoms with Crippen molar-refractivity contribution in [3.05, 3.63) is 0 Å². The van der Waals surface area contributed by atoms with Gasteiger partial charge in [-0.3, -0.25) is 0 Å². The van der Waals surface area contributed by atoms with Gasteiger partial charge in [0, 0.05) is 12.6 Å². The smallest absolute Gasteiger partial charge is 0.272 e. The lowest BCUT2D eigenvalue weighted by atomic mass is 10.2. The molecule has 8 heteroatoms. The molecular weight excluding hydrogens is 284 g/mol. The monoisotopic (exact) mass is 304 g/mol. The quantitative estimate of drug-likeness (QED) is 0.894. The third-order valence-corrected chi connectivity index (χ3v) is 6.25. The average Bonchev–Trinajstić information content (AvgIpc) is 2.96. The summed E-state index contributed by atoms with van der Waals surface area (Å²) in [6.07, 6.45) is 4.04. The van der Waals surface area contributed by atoms with E-state index in [1.807, 2.05) is 13.8 Å². The molecule has 1 aromatic rings. The van der Waals surface area contributed by atoms with E-state index in [1.54, 1.807) is 4.31 Å². The van der Waals surface area contributed by atoms with Crippen molar-refractivity contribution in [3.63, 3.8) is 0 Å². The summed E-state index contributed by atoms with van der Waals surface area (Å²) in [6, 6.07) is 0.0949. The lowest BCUT2D eigenvalue weighted by Gasteiger charge is -2.28. The van der Waals surface area contributed by atoms with Crippen LogP contribution in [0.1, 0.15) is 39.5 Å². The standard InChI is InChI=1S/C11H20N4O2S2/c1-8(2)7-15(9-5-3-4-6-9)19(16,17)11-14-13-10(12)18-11/h8-9H,3-7H2,1-2H3,(H2,12,13). The summed E-state index contributed by atoms with van der Waals surface area (Å²) in [6.45, 7) is 4.56. The number of nitrogens with zero attached hydrogens (tertiary/aromatic N) is 3. The van der Waals surface area contributed by atoms with E-state index in [4.69, 9.17) is 5.73 Å². The molecule has 0 spiro atoms. The van der Waals surface area contributed by atoms with E-state index in [9.17, 15) is 8.42 Å². The van der Waals surface area contributed by atoms with Gasteiger partial charge in [-0.1, -0.05) is 38.0 Å². The molecule has 2 N–H and O–H groups in total. The fourth-order valence-electron chi connectivity index (χ4n) is 2.42. The Bertz CT molecular complexity index is 521. The van der Waals surface area contributed by atoms with E-state index in [0.29, 0.717) is 6.54 Å². The molecule has 0 radical (unpaired) electrons. The van der Waals surface area contributed by atoms with Gasteiger partial charge in [0.2, 0.25) is 9.47 Å². The molecule has 0 unspecified atom stereocenters. The number of hydrogen-bond acceptors (Lipinski definition) is 6. The van der Waals surface area contributed by atoms with Crippen molar-refractivity contribution >= 4 is 26.5 Å². The predicted molar refractivity (Wildman–Crippen MR) is 75.3 cm³/mol. The zero-order chi connectivity index (χ0) is 14.0. The maximum atomic E-state index is 12.6. The highest BCUT2D eigenvalue weighted by Crippen LogP contribution is 2.30. The number of aromatic nitrogens is 2. The van der Waals surface area contributed by atoms with Crippen molar-refractivity contribution in [1.29, 1.82) is 0 Å². The van der Waals surface area contributed by atoms with Gasteiger partial charge in [-0.05, 0) is 18.8 Å². The van der Waals surface area contributed by atoms with E-state index in [-0.39, 0.29) is 21.4 Å². The van der Waals surface area contributed by atoms with E-state index < -0.39 is 10.0 Å². The van der Waals surface area contributed by atoms with Crippen LogP contribution >= 0.6 is 11.3 Å². The minimum Gasteiger partial charge on any atom is -0.374 e. The van der Waals surface area contributed by atoms with Gasteiger partial charge in [0.1, 0.15) is 0 Å². The van der Waals surface area contributed by atoms with Crippen LogP contribution < -0.4 is 5.73 Å². The molecule has 1 saturated carbocycles. The Balaban J connectivity index is 2.30. The summed E-state index contributed by atoms with van der Waals surface area (Å²) in [7, 11) is -3.56. The van der Waals surface area contributed by atoms with Crippen LogP contribution in [0.3, 0.4) is 0 Å². The third-order valence-electron chi connectivity index (χ3n) is 3.23. The molecule has 2 rings (SSSR count). The van der Waals surface area contributed by atoms with E-state index in [1.165, 1.54) is 0 Å². The van der Waals surface area contributed by atoms with Gasteiger partial charge in [0.05, 0.1) is 0 Å².